The maximum absolute atomic E-state index is 6.35. The van der Waals surface area contributed by atoms with E-state index in [1.807, 2.05) is 18.5 Å². The quantitative estimate of drug-likeness (QED) is 0.647. The summed E-state index contributed by atoms with van der Waals surface area (Å²) in [6.07, 6.45) is 6.23. The summed E-state index contributed by atoms with van der Waals surface area (Å²) in [6.45, 7) is 5.34. The normalized spacial score (nSPS) is 15.6. The van der Waals surface area contributed by atoms with Gasteiger partial charge in [0.1, 0.15) is 11.9 Å². The van der Waals surface area contributed by atoms with E-state index >= 15 is 0 Å². The van der Waals surface area contributed by atoms with E-state index in [9.17, 15) is 0 Å². The fourth-order valence-corrected chi connectivity index (χ4v) is 3.56. The van der Waals surface area contributed by atoms with Crippen LogP contribution in [0.1, 0.15) is 24.0 Å². The molecule has 0 amide bonds. The molecule has 1 aliphatic heterocycles. The Morgan fingerprint density at radius 1 is 1.04 bits per heavy atom. The molecular weight excluding hydrogens is 344 g/mol. The minimum atomic E-state index is 0. The lowest BCUT2D eigenvalue weighted by molar-refractivity contribution is 0.0964. The summed E-state index contributed by atoms with van der Waals surface area (Å²) in [5.41, 5.74) is 2.58. The van der Waals surface area contributed by atoms with Crippen LogP contribution in [-0.2, 0) is 6.54 Å². The van der Waals surface area contributed by atoms with E-state index in [4.69, 9.17) is 4.74 Å². The molecule has 0 radical (unpaired) electrons. The maximum atomic E-state index is 6.35. The summed E-state index contributed by atoms with van der Waals surface area (Å²) in [7, 11) is 0. The van der Waals surface area contributed by atoms with Crippen LogP contribution >= 0.6 is 12.4 Å². The van der Waals surface area contributed by atoms with Crippen LogP contribution in [0.25, 0.3) is 10.8 Å². The number of pyridine rings is 1. The molecule has 136 valence electrons. The molecule has 0 unspecified atom stereocenters. The van der Waals surface area contributed by atoms with E-state index < -0.39 is 0 Å². The Kier molecular flexibility index (Phi) is 6.12. The van der Waals surface area contributed by atoms with Gasteiger partial charge in [-0.25, -0.2) is 0 Å². The van der Waals surface area contributed by atoms with E-state index in [1.165, 1.54) is 21.9 Å². The number of benzene rings is 2. The number of nitrogens with zero attached hydrogens (tertiary/aromatic N) is 2. The van der Waals surface area contributed by atoms with E-state index in [-0.39, 0.29) is 12.4 Å². The first-order chi connectivity index (χ1) is 12.3. The maximum Gasteiger partial charge on any atom is 0.123 e. The highest BCUT2D eigenvalue weighted by atomic mass is 35.5. The summed E-state index contributed by atoms with van der Waals surface area (Å²) in [6, 6.07) is 17.1. The van der Waals surface area contributed by atoms with Crippen molar-refractivity contribution >= 4 is 23.2 Å². The van der Waals surface area contributed by atoms with Gasteiger partial charge in [-0.15, -0.1) is 12.4 Å². The lowest BCUT2D eigenvalue weighted by Crippen LogP contribution is -2.37. The SMILES string of the molecule is Cc1cc2cnccc2cc1OC1CCN(Cc2ccccc2)CC1.Cl. The molecule has 2 heterocycles. The van der Waals surface area contributed by atoms with Gasteiger partial charge in [0.2, 0.25) is 0 Å². The molecule has 0 bridgehead atoms. The lowest BCUT2D eigenvalue weighted by atomic mass is 10.1. The molecule has 0 N–H and O–H groups in total. The number of aryl methyl sites for hydroxylation is 1. The summed E-state index contributed by atoms with van der Waals surface area (Å²) in [4.78, 5) is 6.72. The third-order valence-electron chi connectivity index (χ3n) is 5.01. The lowest BCUT2D eigenvalue weighted by Gasteiger charge is -2.32. The Hall–Kier alpha value is -2.10. The van der Waals surface area contributed by atoms with Crippen molar-refractivity contribution in [2.45, 2.75) is 32.4 Å². The van der Waals surface area contributed by atoms with Gasteiger partial charge in [0.05, 0.1) is 0 Å². The third-order valence-corrected chi connectivity index (χ3v) is 5.01. The molecule has 3 aromatic rings. The van der Waals surface area contributed by atoms with Crippen LogP contribution in [0.5, 0.6) is 5.75 Å². The molecule has 0 atom stereocenters. The predicted octanol–water partition coefficient (Wildman–Crippen LogP) is 5.01. The van der Waals surface area contributed by atoms with Crippen molar-refractivity contribution in [2.24, 2.45) is 0 Å². The van der Waals surface area contributed by atoms with Crippen molar-refractivity contribution in [3.63, 3.8) is 0 Å². The Morgan fingerprint density at radius 2 is 1.81 bits per heavy atom. The first-order valence-electron chi connectivity index (χ1n) is 9.05. The van der Waals surface area contributed by atoms with Crippen molar-refractivity contribution in [2.75, 3.05) is 13.1 Å². The van der Waals surface area contributed by atoms with Gasteiger partial charge in [0.15, 0.2) is 0 Å². The number of likely N-dealkylation sites (tertiary alicyclic amines) is 1. The number of hydrogen-bond donors (Lipinski definition) is 0. The Balaban J connectivity index is 0.00000196. The largest absolute Gasteiger partial charge is 0.490 e. The molecule has 0 saturated carbocycles. The third kappa shape index (κ3) is 4.35. The highest BCUT2D eigenvalue weighted by Crippen LogP contribution is 2.28. The average molecular weight is 369 g/mol. The molecule has 3 nitrogen and oxygen atoms in total. The Bertz CT molecular complexity index is 845. The van der Waals surface area contributed by atoms with Gasteiger partial charge in [-0.2, -0.15) is 0 Å². The summed E-state index contributed by atoms with van der Waals surface area (Å²) >= 11 is 0. The molecule has 1 aliphatic rings. The number of ether oxygens (including phenoxy) is 1. The van der Waals surface area contributed by atoms with Crippen LogP contribution in [0.3, 0.4) is 0 Å². The molecule has 1 aromatic heterocycles. The molecule has 2 aromatic carbocycles. The summed E-state index contributed by atoms with van der Waals surface area (Å²) < 4.78 is 6.35. The van der Waals surface area contributed by atoms with Crippen molar-refractivity contribution in [1.82, 2.24) is 9.88 Å². The average Bonchev–Trinajstić information content (AvgIpc) is 2.65. The van der Waals surface area contributed by atoms with Gasteiger partial charge < -0.3 is 4.74 Å². The fourth-order valence-electron chi connectivity index (χ4n) is 3.56. The Labute approximate surface area is 161 Å². The number of halogens is 1. The van der Waals surface area contributed by atoms with Gasteiger partial charge in [-0.3, -0.25) is 9.88 Å². The zero-order chi connectivity index (χ0) is 17.1. The second kappa shape index (κ2) is 8.52. The van der Waals surface area contributed by atoms with Crippen LogP contribution in [0.2, 0.25) is 0 Å². The number of aromatic nitrogens is 1. The highest BCUT2D eigenvalue weighted by molar-refractivity contribution is 5.85. The Morgan fingerprint density at radius 3 is 2.58 bits per heavy atom. The molecule has 1 saturated heterocycles. The minimum Gasteiger partial charge on any atom is -0.490 e. The van der Waals surface area contributed by atoms with Gasteiger partial charge in [0, 0.05) is 37.4 Å². The molecular formula is C22H25ClN2O. The van der Waals surface area contributed by atoms with Crippen LogP contribution in [0, 0.1) is 6.92 Å². The van der Waals surface area contributed by atoms with E-state index in [2.05, 4.69) is 59.3 Å². The smallest absolute Gasteiger partial charge is 0.123 e. The topological polar surface area (TPSA) is 25.4 Å². The van der Waals surface area contributed by atoms with Crippen LogP contribution in [0.15, 0.2) is 60.9 Å². The molecule has 0 spiro atoms. The summed E-state index contributed by atoms with van der Waals surface area (Å²) in [5.74, 6) is 1.01. The number of rotatable bonds is 4. The number of hydrogen-bond acceptors (Lipinski definition) is 3. The zero-order valence-corrected chi connectivity index (χ0v) is 15.9. The number of fused-ring (bicyclic) bond motifs is 1. The predicted molar refractivity (Wildman–Crippen MR) is 109 cm³/mol. The van der Waals surface area contributed by atoms with Gasteiger partial charge in [-0.05, 0) is 54.5 Å². The van der Waals surface area contributed by atoms with E-state index in [0.717, 1.165) is 38.2 Å². The fraction of sp³-hybridized carbons (Fsp3) is 0.318. The van der Waals surface area contributed by atoms with Crippen LogP contribution in [-0.4, -0.2) is 29.1 Å². The van der Waals surface area contributed by atoms with Crippen molar-refractivity contribution in [3.8, 4) is 5.75 Å². The van der Waals surface area contributed by atoms with E-state index in [0.29, 0.717) is 6.10 Å². The number of piperidine rings is 1. The van der Waals surface area contributed by atoms with Crippen molar-refractivity contribution in [1.29, 1.82) is 0 Å². The molecule has 4 heteroatoms. The monoisotopic (exact) mass is 368 g/mol. The van der Waals surface area contributed by atoms with Gasteiger partial charge in [0.25, 0.3) is 0 Å². The second-order valence-corrected chi connectivity index (χ2v) is 6.92. The molecule has 1 fully saturated rings. The standard InChI is InChI=1S/C22H24N2O.ClH/c1-17-13-20-15-23-10-7-19(20)14-22(17)25-21-8-11-24(12-9-21)16-18-5-3-2-4-6-18;/h2-7,10,13-15,21H,8-9,11-12,16H2,1H3;1H. The van der Waals surface area contributed by atoms with Crippen LogP contribution < -0.4 is 4.74 Å². The summed E-state index contributed by atoms with van der Waals surface area (Å²) in [5, 5.41) is 2.36. The molecule has 4 rings (SSSR count). The molecule has 0 aliphatic carbocycles. The molecule has 26 heavy (non-hydrogen) atoms. The van der Waals surface area contributed by atoms with Crippen molar-refractivity contribution in [3.05, 3.63) is 72.1 Å². The highest BCUT2D eigenvalue weighted by Gasteiger charge is 2.21. The first-order valence-corrected chi connectivity index (χ1v) is 9.05. The van der Waals surface area contributed by atoms with Crippen LogP contribution in [0.4, 0.5) is 0 Å². The van der Waals surface area contributed by atoms with Gasteiger partial charge in [-0.1, -0.05) is 30.3 Å². The second-order valence-electron chi connectivity index (χ2n) is 6.92. The van der Waals surface area contributed by atoms with Crippen molar-refractivity contribution < 1.29 is 4.74 Å². The van der Waals surface area contributed by atoms with E-state index in [1.54, 1.807) is 0 Å². The minimum absolute atomic E-state index is 0. The first kappa shape index (κ1) is 18.7. The zero-order valence-electron chi connectivity index (χ0n) is 15.1. The van der Waals surface area contributed by atoms with Gasteiger partial charge >= 0.3 is 0 Å².